The first-order valence-corrected chi connectivity index (χ1v) is 3.28. The van der Waals surface area contributed by atoms with Crippen LogP contribution in [0.3, 0.4) is 0 Å². The minimum absolute atomic E-state index is 0.625. The van der Waals surface area contributed by atoms with Gasteiger partial charge >= 0.3 is 0 Å². The van der Waals surface area contributed by atoms with Gasteiger partial charge in [-0.1, -0.05) is 12.8 Å². The standard InChI is InChI=1S/C7H11NO/c1-7(9,5-8)4-6-2-3-6/h6,9H,2-4H2,1H3. The second-order valence-electron chi connectivity index (χ2n) is 3.03. The molecular weight excluding hydrogens is 114 g/mol. The summed E-state index contributed by atoms with van der Waals surface area (Å²) in [5.41, 5.74) is -1.07. The zero-order chi connectivity index (χ0) is 6.91. The van der Waals surface area contributed by atoms with Gasteiger partial charge < -0.3 is 5.11 Å². The summed E-state index contributed by atoms with van der Waals surface area (Å²) in [5, 5.41) is 17.5. The molecule has 0 spiro atoms. The lowest BCUT2D eigenvalue weighted by Gasteiger charge is -2.11. The molecule has 0 aromatic carbocycles. The summed E-state index contributed by atoms with van der Waals surface area (Å²) in [7, 11) is 0. The Balaban J connectivity index is 2.32. The molecule has 1 fully saturated rings. The molecule has 1 saturated carbocycles. The maximum absolute atomic E-state index is 9.17. The SMILES string of the molecule is CC(O)(C#N)CC1CC1. The lowest BCUT2D eigenvalue weighted by molar-refractivity contribution is 0.103. The van der Waals surface area contributed by atoms with Gasteiger partial charge in [0.05, 0.1) is 6.07 Å². The van der Waals surface area contributed by atoms with Crippen LogP contribution in [-0.4, -0.2) is 10.7 Å². The first-order valence-electron chi connectivity index (χ1n) is 3.28. The number of hydrogen-bond donors (Lipinski definition) is 1. The maximum atomic E-state index is 9.17. The van der Waals surface area contributed by atoms with Crippen LogP contribution in [0, 0.1) is 17.2 Å². The van der Waals surface area contributed by atoms with Crippen molar-refractivity contribution in [3.05, 3.63) is 0 Å². The third-order valence-electron chi connectivity index (χ3n) is 1.62. The van der Waals surface area contributed by atoms with Crippen molar-refractivity contribution in [2.45, 2.75) is 31.8 Å². The van der Waals surface area contributed by atoms with Gasteiger partial charge in [-0.3, -0.25) is 0 Å². The van der Waals surface area contributed by atoms with Gasteiger partial charge in [0, 0.05) is 0 Å². The van der Waals surface area contributed by atoms with E-state index >= 15 is 0 Å². The van der Waals surface area contributed by atoms with Gasteiger partial charge in [0.1, 0.15) is 5.60 Å². The van der Waals surface area contributed by atoms with E-state index < -0.39 is 5.60 Å². The molecule has 1 rings (SSSR count). The monoisotopic (exact) mass is 125 g/mol. The van der Waals surface area contributed by atoms with Gasteiger partial charge in [0.25, 0.3) is 0 Å². The molecule has 1 unspecified atom stereocenters. The van der Waals surface area contributed by atoms with E-state index in [-0.39, 0.29) is 0 Å². The normalized spacial score (nSPS) is 24.6. The average Bonchev–Trinajstić information content (AvgIpc) is 2.50. The minimum Gasteiger partial charge on any atom is -0.376 e. The highest BCUT2D eigenvalue weighted by molar-refractivity contribution is 4.99. The Morgan fingerprint density at radius 3 is 2.67 bits per heavy atom. The maximum Gasteiger partial charge on any atom is 0.148 e. The number of nitriles is 1. The Hall–Kier alpha value is -0.550. The van der Waals surface area contributed by atoms with Gasteiger partial charge in [-0.15, -0.1) is 0 Å². The van der Waals surface area contributed by atoms with E-state index in [4.69, 9.17) is 5.26 Å². The average molecular weight is 125 g/mol. The van der Waals surface area contributed by atoms with Crippen molar-refractivity contribution in [2.24, 2.45) is 5.92 Å². The Morgan fingerprint density at radius 2 is 2.33 bits per heavy atom. The molecule has 0 saturated heterocycles. The molecule has 1 N–H and O–H groups in total. The van der Waals surface area contributed by atoms with E-state index in [9.17, 15) is 5.11 Å². The highest BCUT2D eigenvalue weighted by Crippen LogP contribution is 2.36. The lowest BCUT2D eigenvalue weighted by Crippen LogP contribution is -2.21. The van der Waals surface area contributed by atoms with Crippen molar-refractivity contribution in [3.63, 3.8) is 0 Å². The summed E-state index contributed by atoms with van der Waals surface area (Å²) < 4.78 is 0. The minimum atomic E-state index is -1.07. The molecule has 0 aromatic rings. The van der Waals surface area contributed by atoms with Crippen LogP contribution in [0.1, 0.15) is 26.2 Å². The van der Waals surface area contributed by atoms with E-state index in [1.54, 1.807) is 6.92 Å². The van der Waals surface area contributed by atoms with Gasteiger partial charge in [-0.25, -0.2) is 0 Å². The Kier molecular flexibility index (Phi) is 1.46. The van der Waals surface area contributed by atoms with Gasteiger partial charge in [-0.2, -0.15) is 5.26 Å². The summed E-state index contributed by atoms with van der Waals surface area (Å²) in [6, 6.07) is 1.87. The molecule has 0 amide bonds. The van der Waals surface area contributed by atoms with Crippen LogP contribution in [0.4, 0.5) is 0 Å². The number of aliphatic hydroxyl groups is 1. The van der Waals surface area contributed by atoms with Gasteiger partial charge in [-0.05, 0) is 19.3 Å². The molecule has 9 heavy (non-hydrogen) atoms. The zero-order valence-corrected chi connectivity index (χ0v) is 5.59. The van der Waals surface area contributed by atoms with Crippen LogP contribution in [-0.2, 0) is 0 Å². The topological polar surface area (TPSA) is 44.0 Å². The van der Waals surface area contributed by atoms with Crippen molar-refractivity contribution < 1.29 is 5.11 Å². The van der Waals surface area contributed by atoms with E-state index in [2.05, 4.69) is 0 Å². The van der Waals surface area contributed by atoms with Crippen LogP contribution < -0.4 is 0 Å². The second kappa shape index (κ2) is 2.00. The molecule has 2 nitrogen and oxygen atoms in total. The molecule has 1 atom stereocenters. The molecule has 0 heterocycles. The predicted octanol–water partition coefficient (Wildman–Crippen LogP) is 1.06. The summed E-state index contributed by atoms with van der Waals surface area (Å²) in [5.74, 6) is 0.625. The first kappa shape index (κ1) is 6.57. The smallest absolute Gasteiger partial charge is 0.148 e. The highest BCUT2D eigenvalue weighted by Gasteiger charge is 2.31. The molecule has 0 bridgehead atoms. The summed E-state index contributed by atoms with van der Waals surface area (Å²) >= 11 is 0. The third kappa shape index (κ3) is 2.03. The predicted molar refractivity (Wildman–Crippen MR) is 33.6 cm³/mol. The molecule has 1 aliphatic rings. The lowest BCUT2D eigenvalue weighted by atomic mass is 10.0. The van der Waals surface area contributed by atoms with Crippen molar-refractivity contribution in [2.75, 3.05) is 0 Å². The van der Waals surface area contributed by atoms with Crippen LogP contribution in [0.15, 0.2) is 0 Å². The summed E-state index contributed by atoms with van der Waals surface area (Å²) in [4.78, 5) is 0. The van der Waals surface area contributed by atoms with Crippen LogP contribution in [0.2, 0.25) is 0 Å². The van der Waals surface area contributed by atoms with Crippen molar-refractivity contribution in [1.29, 1.82) is 5.26 Å². The van der Waals surface area contributed by atoms with Crippen molar-refractivity contribution in [1.82, 2.24) is 0 Å². The third-order valence-corrected chi connectivity index (χ3v) is 1.62. The molecule has 1 aliphatic carbocycles. The van der Waals surface area contributed by atoms with E-state index in [1.165, 1.54) is 12.8 Å². The molecule has 0 radical (unpaired) electrons. The first-order chi connectivity index (χ1) is 4.14. The van der Waals surface area contributed by atoms with E-state index in [0.717, 1.165) is 0 Å². The second-order valence-corrected chi connectivity index (χ2v) is 3.03. The largest absolute Gasteiger partial charge is 0.376 e. The number of hydrogen-bond acceptors (Lipinski definition) is 2. The van der Waals surface area contributed by atoms with E-state index in [0.29, 0.717) is 12.3 Å². The highest BCUT2D eigenvalue weighted by atomic mass is 16.3. The van der Waals surface area contributed by atoms with Crippen molar-refractivity contribution in [3.8, 4) is 6.07 Å². The van der Waals surface area contributed by atoms with E-state index in [1.807, 2.05) is 6.07 Å². The zero-order valence-electron chi connectivity index (χ0n) is 5.59. The molecule has 50 valence electrons. The van der Waals surface area contributed by atoms with Crippen LogP contribution >= 0.6 is 0 Å². The van der Waals surface area contributed by atoms with Gasteiger partial charge in [0.15, 0.2) is 0 Å². The van der Waals surface area contributed by atoms with Crippen LogP contribution in [0.5, 0.6) is 0 Å². The summed E-state index contributed by atoms with van der Waals surface area (Å²) in [6.45, 7) is 1.57. The number of nitrogens with zero attached hydrogens (tertiary/aromatic N) is 1. The molecule has 0 aliphatic heterocycles. The fraction of sp³-hybridized carbons (Fsp3) is 0.857. The van der Waals surface area contributed by atoms with Gasteiger partial charge in [0.2, 0.25) is 0 Å². The molecular formula is C7H11NO. The Morgan fingerprint density at radius 1 is 1.78 bits per heavy atom. The van der Waals surface area contributed by atoms with Crippen LogP contribution in [0.25, 0.3) is 0 Å². The number of rotatable bonds is 2. The molecule has 0 aromatic heterocycles. The quantitative estimate of drug-likeness (QED) is 0.561. The van der Waals surface area contributed by atoms with Crippen molar-refractivity contribution >= 4 is 0 Å². The molecule has 2 heteroatoms. The fourth-order valence-corrected chi connectivity index (χ4v) is 0.930. The Bertz CT molecular complexity index is 141. The fourth-order valence-electron chi connectivity index (χ4n) is 0.930. The Labute approximate surface area is 55.1 Å². The summed E-state index contributed by atoms with van der Waals surface area (Å²) in [6.07, 6.45) is 3.04.